The lowest BCUT2D eigenvalue weighted by Crippen LogP contribution is -2.29. The Bertz CT molecular complexity index is 1450. The van der Waals surface area contributed by atoms with Crippen molar-refractivity contribution in [3.8, 4) is 5.75 Å². The second kappa shape index (κ2) is 9.14. The van der Waals surface area contributed by atoms with E-state index in [2.05, 4.69) is 4.98 Å². The van der Waals surface area contributed by atoms with Crippen LogP contribution in [-0.2, 0) is 9.59 Å². The summed E-state index contributed by atoms with van der Waals surface area (Å²) < 4.78 is 5.76. The minimum Gasteiger partial charge on any atom is -0.507 e. The fourth-order valence-corrected chi connectivity index (χ4v) is 4.63. The molecule has 0 spiro atoms. The van der Waals surface area contributed by atoms with Crippen LogP contribution in [0.3, 0.4) is 0 Å². The van der Waals surface area contributed by atoms with Gasteiger partial charge in [-0.25, -0.2) is 0 Å². The van der Waals surface area contributed by atoms with E-state index < -0.39 is 17.7 Å². The van der Waals surface area contributed by atoms with Crippen LogP contribution < -0.4 is 9.64 Å². The first kappa shape index (κ1) is 22.5. The third-order valence-corrected chi connectivity index (χ3v) is 6.30. The van der Waals surface area contributed by atoms with Crippen molar-refractivity contribution in [2.24, 2.45) is 0 Å². The number of amides is 1. The first-order valence-electron chi connectivity index (χ1n) is 11.7. The molecule has 2 heterocycles. The minimum atomic E-state index is -0.787. The molecule has 0 bridgehead atoms. The molecule has 2 N–H and O–H groups in total. The number of benzene rings is 3. The molecule has 1 unspecified atom stereocenters. The van der Waals surface area contributed by atoms with E-state index >= 15 is 0 Å². The summed E-state index contributed by atoms with van der Waals surface area (Å²) in [7, 11) is 0. The van der Waals surface area contributed by atoms with Crippen LogP contribution in [0.2, 0.25) is 0 Å². The van der Waals surface area contributed by atoms with E-state index in [0.717, 1.165) is 34.2 Å². The fraction of sp³-hybridized carbons (Fsp3) is 0.172. The van der Waals surface area contributed by atoms with Crippen LogP contribution >= 0.6 is 0 Å². The number of ketones is 1. The number of hydrogen-bond acceptors (Lipinski definition) is 4. The molecule has 0 saturated carbocycles. The molecule has 1 saturated heterocycles. The maximum atomic E-state index is 13.4. The summed E-state index contributed by atoms with van der Waals surface area (Å²) in [6.45, 7) is 4.52. The number of fused-ring (bicyclic) bond motifs is 1. The molecule has 5 rings (SSSR count). The van der Waals surface area contributed by atoms with Gasteiger partial charge in [0.05, 0.1) is 18.2 Å². The van der Waals surface area contributed by atoms with Crippen molar-refractivity contribution in [1.29, 1.82) is 0 Å². The van der Waals surface area contributed by atoms with E-state index in [1.807, 2.05) is 56.3 Å². The Morgan fingerprint density at radius 1 is 1.03 bits per heavy atom. The molecule has 1 amide bonds. The van der Waals surface area contributed by atoms with Gasteiger partial charge in [0.15, 0.2) is 0 Å². The molecule has 1 aliphatic rings. The molecular weight excluding hydrogens is 440 g/mol. The summed E-state index contributed by atoms with van der Waals surface area (Å²) in [6.07, 6.45) is 2.69. The van der Waals surface area contributed by atoms with Crippen LogP contribution in [0, 0.1) is 6.92 Å². The van der Waals surface area contributed by atoms with E-state index in [-0.39, 0.29) is 11.3 Å². The number of aliphatic hydroxyl groups is 1. The van der Waals surface area contributed by atoms with Crippen molar-refractivity contribution in [2.45, 2.75) is 26.3 Å². The number of H-pyrrole nitrogens is 1. The van der Waals surface area contributed by atoms with Crippen molar-refractivity contribution >= 4 is 34.0 Å². The van der Waals surface area contributed by atoms with Crippen molar-refractivity contribution in [2.75, 3.05) is 11.5 Å². The number of anilines is 1. The van der Waals surface area contributed by atoms with Gasteiger partial charge in [-0.1, -0.05) is 43.3 Å². The number of rotatable bonds is 6. The number of carbonyl (C=O) groups excluding carboxylic acids is 2. The number of nitrogens with one attached hydrogen (secondary N) is 1. The van der Waals surface area contributed by atoms with Crippen LogP contribution in [-0.4, -0.2) is 28.4 Å². The number of aromatic nitrogens is 1. The van der Waals surface area contributed by atoms with Crippen LogP contribution in [0.25, 0.3) is 16.7 Å². The summed E-state index contributed by atoms with van der Waals surface area (Å²) in [5, 5.41) is 12.3. The van der Waals surface area contributed by atoms with Gasteiger partial charge in [0.1, 0.15) is 11.5 Å². The lowest BCUT2D eigenvalue weighted by atomic mass is 9.94. The number of Topliss-reactive ketones (excluding diaryl/α,β-unsaturated/α-hetero) is 1. The molecule has 0 radical (unpaired) electrons. The molecule has 1 aromatic heterocycles. The van der Waals surface area contributed by atoms with E-state index in [1.165, 1.54) is 4.90 Å². The van der Waals surface area contributed by atoms with E-state index in [0.29, 0.717) is 17.9 Å². The van der Waals surface area contributed by atoms with Gasteiger partial charge in [0.2, 0.25) is 0 Å². The Morgan fingerprint density at radius 2 is 1.77 bits per heavy atom. The Morgan fingerprint density at radius 3 is 2.51 bits per heavy atom. The number of aromatic amines is 1. The Kier molecular flexibility index (Phi) is 5.87. The highest BCUT2D eigenvalue weighted by molar-refractivity contribution is 6.51. The van der Waals surface area contributed by atoms with Gasteiger partial charge in [-0.3, -0.25) is 14.5 Å². The van der Waals surface area contributed by atoms with Gasteiger partial charge < -0.3 is 14.8 Å². The van der Waals surface area contributed by atoms with E-state index in [4.69, 9.17) is 4.74 Å². The Labute approximate surface area is 203 Å². The fourth-order valence-electron chi connectivity index (χ4n) is 4.63. The SMILES string of the molecule is CCCOc1ccc(/C(O)=C2\C(=O)C(=O)N(c3ccccc3)C2c2c[nH]c3ccccc23)cc1C. The van der Waals surface area contributed by atoms with Gasteiger partial charge >= 0.3 is 0 Å². The molecule has 6 heteroatoms. The first-order valence-corrected chi connectivity index (χ1v) is 11.7. The van der Waals surface area contributed by atoms with Crippen molar-refractivity contribution < 1.29 is 19.4 Å². The highest BCUT2D eigenvalue weighted by Gasteiger charge is 2.47. The number of para-hydroxylation sites is 2. The largest absolute Gasteiger partial charge is 0.507 e. The quantitative estimate of drug-likeness (QED) is 0.211. The van der Waals surface area contributed by atoms with Crippen LogP contribution in [0.4, 0.5) is 5.69 Å². The molecule has 4 aromatic rings. The monoisotopic (exact) mass is 466 g/mol. The summed E-state index contributed by atoms with van der Waals surface area (Å²) >= 11 is 0. The van der Waals surface area contributed by atoms with Crippen molar-refractivity contribution in [3.05, 3.63) is 101 Å². The van der Waals surface area contributed by atoms with Crippen molar-refractivity contribution in [3.63, 3.8) is 0 Å². The first-order chi connectivity index (χ1) is 17.0. The summed E-state index contributed by atoms with van der Waals surface area (Å²) in [5.74, 6) is -0.873. The highest BCUT2D eigenvalue weighted by Crippen LogP contribution is 2.44. The maximum Gasteiger partial charge on any atom is 0.300 e. The molecule has 1 aliphatic heterocycles. The Hall–Kier alpha value is -4.32. The number of hydrogen-bond donors (Lipinski definition) is 2. The number of ether oxygens (including phenoxy) is 1. The average Bonchev–Trinajstić information content (AvgIpc) is 3.42. The maximum absolute atomic E-state index is 13.4. The lowest BCUT2D eigenvalue weighted by molar-refractivity contribution is -0.132. The highest BCUT2D eigenvalue weighted by atomic mass is 16.5. The second-order valence-electron chi connectivity index (χ2n) is 8.62. The molecular formula is C29H26N2O4. The standard InChI is InChI=1S/C29H26N2O4/c1-3-15-35-24-14-13-19(16-18(24)2)27(32)25-26(22-17-30-23-12-8-7-11-21(22)23)31(29(34)28(25)33)20-9-5-4-6-10-20/h4-14,16-17,26,30,32H,3,15H2,1-2H3/b27-25+. The topological polar surface area (TPSA) is 82.6 Å². The number of carbonyl (C=O) groups is 2. The van der Waals surface area contributed by atoms with E-state index in [1.54, 1.807) is 36.5 Å². The number of aryl methyl sites for hydroxylation is 1. The Balaban J connectivity index is 1.70. The molecule has 176 valence electrons. The van der Waals surface area contributed by atoms with Gasteiger partial charge in [0, 0.05) is 33.9 Å². The third-order valence-electron chi connectivity index (χ3n) is 6.30. The zero-order valence-corrected chi connectivity index (χ0v) is 19.6. The second-order valence-corrected chi connectivity index (χ2v) is 8.62. The summed E-state index contributed by atoms with van der Waals surface area (Å²) in [4.78, 5) is 31.4. The van der Waals surface area contributed by atoms with Gasteiger partial charge in [-0.15, -0.1) is 0 Å². The molecule has 0 aliphatic carbocycles. The summed E-state index contributed by atoms with van der Waals surface area (Å²) in [5.41, 5.74) is 3.57. The van der Waals surface area contributed by atoms with Gasteiger partial charge in [-0.05, 0) is 55.3 Å². The zero-order valence-electron chi connectivity index (χ0n) is 19.6. The molecule has 6 nitrogen and oxygen atoms in total. The van der Waals surface area contributed by atoms with Gasteiger partial charge in [-0.2, -0.15) is 0 Å². The normalized spacial score (nSPS) is 17.3. The molecule has 1 atom stereocenters. The van der Waals surface area contributed by atoms with E-state index in [9.17, 15) is 14.7 Å². The lowest BCUT2D eigenvalue weighted by Gasteiger charge is -2.25. The van der Waals surface area contributed by atoms with Crippen LogP contribution in [0.15, 0.2) is 84.6 Å². The molecule has 1 fully saturated rings. The number of nitrogens with zero attached hydrogens (tertiary/aromatic N) is 1. The molecule has 35 heavy (non-hydrogen) atoms. The molecule has 3 aromatic carbocycles. The minimum absolute atomic E-state index is 0.0604. The average molecular weight is 467 g/mol. The van der Waals surface area contributed by atoms with Crippen molar-refractivity contribution in [1.82, 2.24) is 4.98 Å². The predicted molar refractivity (Wildman–Crippen MR) is 136 cm³/mol. The van der Waals surface area contributed by atoms with Gasteiger partial charge in [0.25, 0.3) is 11.7 Å². The van der Waals surface area contributed by atoms with Crippen LogP contribution in [0.5, 0.6) is 5.75 Å². The zero-order chi connectivity index (χ0) is 24.5. The summed E-state index contributed by atoms with van der Waals surface area (Å²) in [6, 6.07) is 21.3. The smallest absolute Gasteiger partial charge is 0.300 e. The third kappa shape index (κ3) is 3.87. The number of aliphatic hydroxyl groups excluding tert-OH is 1. The predicted octanol–water partition coefficient (Wildman–Crippen LogP) is 5.89. The van der Waals surface area contributed by atoms with Crippen LogP contribution in [0.1, 0.15) is 36.1 Å².